The van der Waals surface area contributed by atoms with Gasteiger partial charge in [-0.25, -0.2) is 0 Å². The fourth-order valence-electron chi connectivity index (χ4n) is 3.56. The Balaban J connectivity index is 1.68. The summed E-state index contributed by atoms with van der Waals surface area (Å²) in [7, 11) is 1.77. The third-order valence-electron chi connectivity index (χ3n) is 5.17. The van der Waals surface area contributed by atoms with E-state index in [1.807, 2.05) is 42.7 Å². The fraction of sp³-hybridized carbons (Fsp3) is 0.550. The van der Waals surface area contributed by atoms with Crippen molar-refractivity contribution in [1.29, 1.82) is 0 Å². The molecule has 1 fully saturated rings. The van der Waals surface area contributed by atoms with E-state index in [0.29, 0.717) is 44.6 Å². The Morgan fingerprint density at radius 1 is 0.962 bits per heavy atom. The summed E-state index contributed by atoms with van der Waals surface area (Å²) in [5.74, 6) is 0.234. The summed E-state index contributed by atoms with van der Waals surface area (Å²) >= 11 is 0. The van der Waals surface area contributed by atoms with Gasteiger partial charge in [-0.3, -0.25) is 14.4 Å². The van der Waals surface area contributed by atoms with Gasteiger partial charge in [-0.1, -0.05) is 20.8 Å². The molecule has 0 unspecified atom stereocenters. The summed E-state index contributed by atoms with van der Waals surface area (Å²) in [6, 6.07) is 5.56. The lowest BCUT2D eigenvalue weighted by Gasteiger charge is -2.37. The van der Waals surface area contributed by atoms with Crippen LogP contribution in [0.4, 0.5) is 5.69 Å². The number of aryl methyl sites for hydroxylation is 1. The van der Waals surface area contributed by atoms with Crippen LogP contribution in [0.1, 0.15) is 43.1 Å². The van der Waals surface area contributed by atoms with Crippen molar-refractivity contribution in [2.24, 2.45) is 5.41 Å². The smallest absolute Gasteiger partial charge is 0.253 e. The van der Waals surface area contributed by atoms with Crippen molar-refractivity contribution < 1.29 is 14.4 Å². The molecule has 3 rings (SSSR count). The van der Waals surface area contributed by atoms with Crippen molar-refractivity contribution in [3.05, 3.63) is 29.3 Å². The zero-order valence-electron chi connectivity index (χ0n) is 16.0. The van der Waals surface area contributed by atoms with Gasteiger partial charge in [-0.15, -0.1) is 0 Å². The van der Waals surface area contributed by atoms with Gasteiger partial charge in [0, 0.05) is 56.3 Å². The molecule has 6 heteroatoms. The molecule has 0 spiro atoms. The Morgan fingerprint density at radius 3 is 2.19 bits per heavy atom. The van der Waals surface area contributed by atoms with E-state index in [0.717, 1.165) is 11.3 Å². The van der Waals surface area contributed by atoms with Gasteiger partial charge in [0.15, 0.2) is 0 Å². The van der Waals surface area contributed by atoms with E-state index < -0.39 is 5.41 Å². The van der Waals surface area contributed by atoms with Gasteiger partial charge < -0.3 is 14.7 Å². The van der Waals surface area contributed by atoms with Gasteiger partial charge in [0.2, 0.25) is 11.8 Å². The predicted octanol–water partition coefficient (Wildman–Crippen LogP) is 1.93. The molecule has 1 aromatic carbocycles. The number of rotatable bonds is 1. The van der Waals surface area contributed by atoms with Crippen LogP contribution in [-0.4, -0.2) is 60.7 Å². The van der Waals surface area contributed by atoms with E-state index >= 15 is 0 Å². The molecule has 2 heterocycles. The molecule has 26 heavy (non-hydrogen) atoms. The minimum absolute atomic E-state index is 0.00443. The molecule has 0 radical (unpaired) electrons. The van der Waals surface area contributed by atoms with Crippen molar-refractivity contribution in [1.82, 2.24) is 9.80 Å². The van der Waals surface area contributed by atoms with Gasteiger partial charge >= 0.3 is 0 Å². The normalized spacial score (nSPS) is 18.0. The maximum atomic E-state index is 12.8. The molecule has 3 amide bonds. The van der Waals surface area contributed by atoms with Gasteiger partial charge in [-0.2, -0.15) is 0 Å². The second-order valence-electron chi connectivity index (χ2n) is 8.13. The number of nitrogens with zero attached hydrogens (tertiary/aromatic N) is 3. The summed E-state index contributed by atoms with van der Waals surface area (Å²) in [5.41, 5.74) is 2.19. The molecule has 0 bridgehead atoms. The van der Waals surface area contributed by atoms with Gasteiger partial charge in [0.05, 0.1) is 0 Å². The van der Waals surface area contributed by atoms with Crippen molar-refractivity contribution in [3.8, 4) is 0 Å². The topological polar surface area (TPSA) is 60.9 Å². The molecule has 2 aliphatic rings. The second kappa shape index (κ2) is 6.74. The van der Waals surface area contributed by atoms with Crippen LogP contribution < -0.4 is 4.90 Å². The molecule has 0 aromatic heterocycles. The van der Waals surface area contributed by atoms with Crippen molar-refractivity contribution in [2.75, 3.05) is 38.1 Å². The van der Waals surface area contributed by atoms with Crippen molar-refractivity contribution in [2.45, 2.75) is 33.6 Å². The number of hydrogen-bond donors (Lipinski definition) is 0. The molecule has 140 valence electrons. The van der Waals surface area contributed by atoms with Crippen LogP contribution in [0.15, 0.2) is 18.2 Å². The summed E-state index contributed by atoms with van der Waals surface area (Å²) in [6.45, 7) is 8.01. The van der Waals surface area contributed by atoms with Crippen LogP contribution in [0.3, 0.4) is 0 Å². The van der Waals surface area contributed by atoms with Crippen LogP contribution in [0.2, 0.25) is 0 Å². The highest BCUT2D eigenvalue weighted by Gasteiger charge is 2.31. The summed E-state index contributed by atoms with van der Waals surface area (Å²) in [4.78, 5) is 42.3. The first-order valence-electron chi connectivity index (χ1n) is 9.16. The predicted molar refractivity (Wildman–Crippen MR) is 100 cm³/mol. The number of carbonyl (C=O) groups excluding carboxylic acids is 3. The third kappa shape index (κ3) is 3.45. The summed E-state index contributed by atoms with van der Waals surface area (Å²) in [5, 5.41) is 0. The number of benzene rings is 1. The van der Waals surface area contributed by atoms with Gasteiger partial charge in [0.1, 0.15) is 0 Å². The minimum Gasteiger partial charge on any atom is -0.339 e. The zero-order valence-corrected chi connectivity index (χ0v) is 16.0. The maximum absolute atomic E-state index is 12.8. The first kappa shape index (κ1) is 18.4. The Kier molecular flexibility index (Phi) is 4.78. The van der Waals surface area contributed by atoms with Gasteiger partial charge in [-0.05, 0) is 30.2 Å². The summed E-state index contributed by atoms with van der Waals surface area (Å²) in [6.07, 6.45) is 1.15. The van der Waals surface area contributed by atoms with Crippen molar-refractivity contribution in [3.63, 3.8) is 0 Å². The van der Waals surface area contributed by atoms with Crippen LogP contribution in [0.5, 0.6) is 0 Å². The lowest BCUT2D eigenvalue weighted by Crippen LogP contribution is -2.53. The number of hydrogen-bond acceptors (Lipinski definition) is 3. The second-order valence-corrected chi connectivity index (χ2v) is 8.13. The van der Waals surface area contributed by atoms with Crippen LogP contribution in [-0.2, 0) is 16.0 Å². The fourth-order valence-corrected chi connectivity index (χ4v) is 3.56. The number of carbonyl (C=O) groups is 3. The Hall–Kier alpha value is -2.37. The molecule has 1 aromatic rings. The Morgan fingerprint density at radius 2 is 1.58 bits per heavy atom. The highest BCUT2D eigenvalue weighted by atomic mass is 16.2. The van der Waals surface area contributed by atoms with E-state index in [2.05, 4.69) is 0 Å². The molecule has 0 N–H and O–H groups in total. The number of anilines is 1. The van der Waals surface area contributed by atoms with E-state index in [-0.39, 0.29) is 17.7 Å². The van der Waals surface area contributed by atoms with Crippen LogP contribution >= 0.6 is 0 Å². The highest BCUT2D eigenvalue weighted by Crippen LogP contribution is 2.28. The number of fused-ring (bicyclic) bond motifs is 1. The van der Waals surface area contributed by atoms with Crippen LogP contribution in [0.25, 0.3) is 0 Å². The minimum atomic E-state index is -0.395. The summed E-state index contributed by atoms with van der Waals surface area (Å²) < 4.78 is 0. The first-order valence-corrected chi connectivity index (χ1v) is 9.16. The number of piperazine rings is 1. The maximum Gasteiger partial charge on any atom is 0.253 e. The monoisotopic (exact) mass is 357 g/mol. The van der Waals surface area contributed by atoms with Crippen LogP contribution in [0, 0.1) is 5.41 Å². The molecule has 1 saturated heterocycles. The Bertz CT molecular complexity index is 743. The quantitative estimate of drug-likeness (QED) is 0.772. The Labute approximate surface area is 154 Å². The number of amides is 3. The lowest BCUT2D eigenvalue weighted by atomic mass is 9.94. The molecule has 0 aliphatic carbocycles. The largest absolute Gasteiger partial charge is 0.339 e. The molecular weight excluding hydrogens is 330 g/mol. The van der Waals surface area contributed by atoms with E-state index in [4.69, 9.17) is 0 Å². The van der Waals surface area contributed by atoms with E-state index in [1.54, 1.807) is 18.0 Å². The van der Waals surface area contributed by atoms with E-state index in [9.17, 15) is 14.4 Å². The first-order chi connectivity index (χ1) is 12.2. The molecular formula is C20H27N3O3. The third-order valence-corrected chi connectivity index (χ3v) is 5.17. The standard InChI is InChI=1S/C20H27N3O3/c1-20(2,3)19(26)23-11-9-22(10-12-23)18(25)15-5-7-16-14(13-15)6-8-17(24)21(16)4/h5,7,13H,6,8-12H2,1-4H3. The molecule has 0 saturated carbocycles. The average molecular weight is 357 g/mol. The van der Waals surface area contributed by atoms with Crippen molar-refractivity contribution >= 4 is 23.4 Å². The molecule has 2 aliphatic heterocycles. The molecule has 0 atom stereocenters. The SMILES string of the molecule is CN1C(=O)CCc2cc(C(=O)N3CCN(C(=O)C(C)(C)C)CC3)ccc21. The molecule has 6 nitrogen and oxygen atoms in total. The van der Waals surface area contributed by atoms with E-state index in [1.165, 1.54) is 0 Å². The van der Waals surface area contributed by atoms with Gasteiger partial charge in [0.25, 0.3) is 5.91 Å². The average Bonchev–Trinajstić information content (AvgIpc) is 2.62. The highest BCUT2D eigenvalue weighted by molar-refractivity contribution is 5.99. The zero-order chi connectivity index (χ0) is 19.1. The lowest BCUT2D eigenvalue weighted by molar-refractivity contribution is -0.141.